The summed E-state index contributed by atoms with van der Waals surface area (Å²) in [5, 5.41) is 8.79. The average Bonchev–Trinajstić information content (AvgIpc) is 2.16. The first-order valence-corrected chi connectivity index (χ1v) is 5.08. The molecule has 5 nitrogen and oxygen atoms in total. The summed E-state index contributed by atoms with van der Waals surface area (Å²) in [6, 6.07) is 0. The fraction of sp³-hybridized carbons (Fsp3) is 0.800. The summed E-state index contributed by atoms with van der Waals surface area (Å²) in [7, 11) is 3.50. The van der Waals surface area contributed by atoms with Crippen LogP contribution in [0.5, 0.6) is 0 Å². The van der Waals surface area contributed by atoms with Gasteiger partial charge in [-0.1, -0.05) is 20.8 Å². The molecule has 0 bridgehead atoms. The lowest BCUT2D eigenvalue weighted by molar-refractivity contribution is -0.128. The van der Waals surface area contributed by atoms with E-state index in [1.54, 1.807) is 14.1 Å². The highest BCUT2D eigenvalue weighted by Crippen LogP contribution is 2.11. The number of rotatable bonds is 3. The highest BCUT2D eigenvalue weighted by atomic mass is 16.2. The lowest BCUT2D eigenvalue weighted by Crippen LogP contribution is -2.42. The molecule has 0 atom stereocenters. The predicted molar refractivity (Wildman–Crippen MR) is 62.9 cm³/mol. The van der Waals surface area contributed by atoms with Gasteiger partial charge in [-0.15, -0.1) is 0 Å². The number of hydrogen-bond donors (Lipinski definition) is 3. The van der Waals surface area contributed by atoms with Gasteiger partial charge in [0.2, 0.25) is 5.91 Å². The summed E-state index contributed by atoms with van der Waals surface area (Å²) in [5.41, 5.74) is -0.329. The normalized spacial score (nSPS) is 12.2. The minimum atomic E-state index is -0.329. The lowest BCUT2D eigenvalue weighted by atomic mass is 9.96. The smallest absolute Gasteiger partial charge is 0.225 e. The molecule has 0 aliphatic rings. The van der Waals surface area contributed by atoms with Gasteiger partial charge in [-0.25, -0.2) is 0 Å². The van der Waals surface area contributed by atoms with Gasteiger partial charge in [0.05, 0.1) is 0 Å². The Morgan fingerprint density at radius 3 is 2.13 bits per heavy atom. The van der Waals surface area contributed by atoms with Gasteiger partial charge in [-0.3, -0.25) is 9.79 Å². The van der Waals surface area contributed by atoms with Crippen molar-refractivity contribution in [2.24, 2.45) is 10.4 Å². The van der Waals surface area contributed by atoms with Crippen molar-refractivity contribution in [3.05, 3.63) is 0 Å². The van der Waals surface area contributed by atoms with Gasteiger partial charge in [0, 0.05) is 32.6 Å². The third-order valence-electron chi connectivity index (χ3n) is 1.84. The Bertz CT molecular complexity index is 230. The Morgan fingerprint density at radius 1 is 1.20 bits per heavy atom. The van der Waals surface area contributed by atoms with Gasteiger partial charge in [0.25, 0.3) is 0 Å². The summed E-state index contributed by atoms with van der Waals surface area (Å²) >= 11 is 0. The summed E-state index contributed by atoms with van der Waals surface area (Å²) in [6.07, 6.45) is 0. The minimum Gasteiger partial charge on any atom is -0.359 e. The fourth-order valence-corrected chi connectivity index (χ4v) is 0.901. The van der Waals surface area contributed by atoms with E-state index in [1.807, 2.05) is 20.8 Å². The zero-order valence-corrected chi connectivity index (χ0v) is 10.3. The molecule has 0 spiro atoms. The number of amides is 1. The maximum absolute atomic E-state index is 11.5. The van der Waals surface area contributed by atoms with Crippen LogP contribution in [0.15, 0.2) is 4.99 Å². The maximum atomic E-state index is 11.5. The standard InChI is InChI=1S/C10H22N4O/c1-10(2,3)8(15)13-6-7-14-9(11-4)12-5/h6-7H2,1-5H3,(H,13,15)(H2,11,12,14). The van der Waals surface area contributed by atoms with Crippen molar-refractivity contribution in [1.82, 2.24) is 16.0 Å². The van der Waals surface area contributed by atoms with Crippen LogP contribution in [0.4, 0.5) is 0 Å². The number of carbonyl (C=O) groups excluding carboxylic acids is 1. The van der Waals surface area contributed by atoms with Gasteiger partial charge < -0.3 is 16.0 Å². The third-order valence-corrected chi connectivity index (χ3v) is 1.84. The van der Waals surface area contributed by atoms with Crippen LogP contribution in [-0.2, 0) is 4.79 Å². The van der Waals surface area contributed by atoms with Crippen LogP contribution < -0.4 is 16.0 Å². The Morgan fingerprint density at radius 2 is 1.73 bits per heavy atom. The summed E-state index contributed by atoms with van der Waals surface area (Å²) in [6.45, 7) is 6.93. The zero-order chi connectivity index (χ0) is 11.9. The van der Waals surface area contributed by atoms with E-state index in [0.29, 0.717) is 13.1 Å². The van der Waals surface area contributed by atoms with Gasteiger partial charge >= 0.3 is 0 Å². The van der Waals surface area contributed by atoms with Gasteiger partial charge in [0.1, 0.15) is 0 Å². The summed E-state index contributed by atoms with van der Waals surface area (Å²) in [4.78, 5) is 15.4. The molecule has 1 amide bonds. The largest absolute Gasteiger partial charge is 0.359 e. The van der Waals surface area contributed by atoms with Crippen molar-refractivity contribution >= 4 is 11.9 Å². The average molecular weight is 214 g/mol. The number of hydrogen-bond acceptors (Lipinski definition) is 2. The maximum Gasteiger partial charge on any atom is 0.225 e. The molecule has 0 rings (SSSR count). The van der Waals surface area contributed by atoms with Crippen LogP contribution in [0.25, 0.3) is 0 Å². The minimum absolute atomic E-state index is 0.0590. The van der Waals surface area contributed by atoms with Gasteiger partial charge in [0.15, 0.2) is 5.96 Å². The van der Waals surface area contributed by atoms with Crippen molar-refractivity contribution in [3.8, 4) is 0 Å². The number of nitrogens with zero attached hydrogens (tertiary/aromatic N) is 1. The second-order valence-electron chi connectivity index (χ2n) is 4.25. The van der Waals surface area contributed by atoms with Crippen LogP contribution in [0.1, 0.15) is 20.8 Å². The Kier molecular flexibility index (Phi) is 5.74. The van der Waals surface area contributed by atoms with Crippen molar-refractivity contribution in [2.75, 3.05) is 27.2 Å². The highest BCUT2D eigenvalue weighted by molar-refractivity contribution is 5.81. The Hall–Kier alpha value is -1.26. The molecule has 15 heavy (non-hydrogen) atoms. The predicted octanol–water partition coefficient (Wildman–Crippen LogP) is -0.0565. The number of nitrogens with one attached hydrogen (secondary N) is 3. The summed E-state index contributed by atoms with van der Waals surface area (Å²) in [5.74, 6) is 0.781. The zero-order valence-electron chi connectivity index (χ0n) is 10.3. The molecule has 0 radical (unpaired) electrons. The first-order chi connectivity index (χ1) is 6.91. The molecule has 0 saturated carbocycles. The van der Waals surface area contributed by atoms with E-state index >= 15 is 0 Å². The van der Waals surface area contributed by atoms with E-state index in [0.717, 1.165) is 5.96 Å². The second-order valence-corrected chi connectivity index (χ2v) is 4.25. The Balaban J connectivity index is 3.69. The van der Waals surface area contributed by atoms with Crippen LogP contribution in [-0.4, -0.2) is 39.1 Å². The SMILES string of the molecule is CN=C(NC)NCCNC(=O)C(C)(C)C. The third kappa shape index (κ3) is 5.93. The molecule has 0 aliphatic carbocycles. The van der Waals surface area contributed by atoms with E-state index in [1.165, 1.54) is 0 Å². The molecule has 0 aromatic rings. The number of carbonyl (C=O) groups is 1. The molecule has 0 aromatic carbocycles. The van der Waals surface area contributed by atoms with Crippen LogP contribution in [0, 0.1) is 5.41 Å². The van der Waals surface area contributed by atoms with Crippen LogP contribution in [0.3, 0.4) is 0 Å². The van der Waals surface area contributed by atoms with Gasteiger partial charge in [-0.05, 0) is 0 Å². The molecule has 5 heteroatoms. The molecule has 0 unspecified atom stereocenters. The fourth-order valence-electron chi connectivity index (χ4n) is 0.901. The van der Waals surface area contributed by atoms with E-state index in [9.17, 15) is 4.79 Å². The second kappa shape index (κ2) is 6.27. The molecule has 3 N–H and O–H groups in total. The van der Waals surface area contributed by atoms with Gasteiger partial charge in [-0.2, -0.15) is 0 Å². The molecule has 88 valence electrons. The van der Waals surface area contributed by atoms with Crippen molar-refractivity contribution in [3.63, 3.8) is 0 Å². The summed E-state index contributed by atoms with van der Waals surface area (Å²) < 4.78 is 0. The first kappa shape index (κ1) is 13.7. The van der Waals surface area contributed by atoms with Crippen molar-refractivity contribution < 1.29 is 4.79 Å². The molecule has 0 saturated heterocycles. The molecule has 0 heterocycles. The number of guanidine groups is 1. The monoisotopic (exact) mass is 214 g/mol. The number of aliphatic imine (C=N–C) groups is 1. The Labute approximate surface area is 91.7 Å². The van der Waals surface area contributed by atoms with E-state index in [2.05, 4.69) is 20.9 Å². The first-order valence-electron chi connectivity index (χ1n) is 5.08. The van der Waals surface area contributed by atoms with Crippen LogP contribution >= 0.6 is 0 Å². The van der Waals surface area contributed by atoms with Crippen molar-refractivity contribution in [1.29, 1.82) is 0 Å². The molecule has 0 fully saturated rings. The van der Waals surface area contributed by atoms with E-state index < -0.39 is 0 Å². The molecule has 0 aromatic heterocycles. The molecular weight excluding hydrogens is 192 g/mol. The van der Waals surface area contributed by atoms with E-state index in [4.69, 9.17) is 0 Å². The highest BCUT2D eigenvalue weighted by Gasteiger charge is 2.20. The topological polar surface area (TPSA) is 65.5 Å². The lowest BCUT2D eigenvalue weighted by Gasteiger charge is -2.18. The van der Waals surface area contributed by atoms with Crippen LogP contribution in [0.2, 0.25) is 0 Å². The van der Waals surface area contributed by atoms with Crippen molar-refractivity contribution in [2.45, 2.75) is 20.8 Å². The molecule has 0 aliphatic heterocycles. The quantitative estimate of drug-likeness (QED) is 0.350. The molecular formula is C10H22N4O. The van der Waals surface area contributed by atoms with E-state index in [-0.39, 0.29) is 11.3 Å².